The van der Waals surface area contributed by atoms with E-state index in [-0.39, 0.29) is 6.04 Å². The molecular weight excluding hydrogens is 378 g/mol. The first-order valence-corrected chi connectivity index (χ1v) is 10.8. The number of hydrogen-bond acceptors (Lipinski definition) is 4. The average Bonchev–Trinajstić information content (AvgIpc) is 3.46. The minimum atomic E-state index is 0.0763. The van der Waals surface area contributed by atoms with Crippen molar-refractivity contribution in [1.29, 1.82) is 0 Å². The van der Waals surface area contributed by atoms with Crippen molar-refractivity contribution in [2.75, 3.05) is 6.54 Å². The van der Waals surface area contributed by atoms with E-state index in [9.17, 15) is 0 Å². The second-order valence-electron chi connectivity index (χ2n) is 7.63. The molecule has 6 heteroatoms. The molecule has 1 N–H and O–H groups in total. The number of aromatic amines is 1. The first kappa shape index (κ1) is 16.9. The van der Waals surface area contributed by atoms with Crippen LogP contribution >= 0.6 is 11.3 Å². The first-order chi connectivity index (χ1) is 14.3. The summed E-state index contributed by atoms with van der Waals surface area (Å²) in [4.78, 5) is 15.9. The van der Waals surface area contributed by atoms with E-state index in [1.807, 2.05) is 6.20 Å². The lowest BCUT2D eigenvalue weighted by Gasteiger charge is -2.34. The van der Waals surface area contributed by atoms with E-state index in [1.165, 1.54) is 27.7 Å². The van der Waals surface area contributed by atoms with Gasteiger partial charge in [-0.25, -0.2) is 9.97 Å². The molecule has 0 radical (unpaired) electrons. The number of imidazole rings is 1. The first-order valence-electron chi connectivity index (χ1n) is 9.93. The number of rotatable bonds is 3. The van der Waals surface area contributed by atoms with Gasteiger partial charge in [0.15, 0.2) is 0 Å². The molecule has 5 aromatic rings. The highest BCUT2D eigenvalue weighted by atomic mass is 32.1. The van der Waals surface area contributed by atoms with Gasteiger partial charge in [0.2, 0.25) is 0 Å². The van der Waals surface area contributed by atoms with Crippen molar-refractivity contribution in [3.05, 3.63) is 82.2 Å². The van der Waals surface area contributed by atoms with Crippen LogP contribution in [-0.4, -0.2) is 31.0 Å². The lowest BCUT2D eigenvalue weighted by Crippen LogP contribution is -2.37. The van der Waals surface area contributed by atoms with Crippen molar-refractivity contribution in [3.8, 4) is 0 Å². The van der Waals surface area contributed by atoms with E-state index in [4.69, 9.17) is 4.98 Å². The van der Waals surface area contributed by atoms with Crippen molar-refractivity contribution >= 4 is 33.3 Å². The molecule has 0 aliphatic carbocycles. The van der Waals surface area contributed by atoms with Crippen LogP contribution in [0.2, 0.25) is 0 Å². The molecule has 144 valence electrons. The molecule has 1 aliphatic rings. The number of thiazole rings is 1. The predicted octanol–water partition coefficient (Wildman–Crippen LogP) is 4.66. The fraction of sp³-hybridized carbons (Fsp3) is 0.217. The van der Waals surface area contributed by atoms with Crippen LogP contribution in [0.4, 0.5) is 0 Å². The number of aryl methyl sites for hydroxylation is 1. The van der Waals surface area contributed by atoms with Crippen LogP contribution in [0.1, 0.15) is 28.1 Å². The van der Waals surface area contributed by atoms with E-state index in [0.717, 1.165) is 35.9 Å². The molecule has 2 aromatic carbocycles. The number of nitrogens with zero attached hydrogens (tertiary/aromatic N) is 4. The summed E-state index contributed by atoms with van der Waals surface area (Å²) in [5.74, 6) is 1.08. The smallest absolute Gasteiger partial charge is 0.133 e. The van der Waals surface area contributed by atoms with Gasteiger partial charge in [0.05, 0.1) is 17.6 Å². The monoisotopic (exact) mass is 399 g/mol. The largest absolute Gasteiger partial charge is 0.356 e. The van der Waals surface area contributed by atoms with E-state index >= 15 is 0 Å². The molecule has 1 atom stereocenters. The molecule has 0 saturated carbocycles. The normalized spacial score (nSPS) is 17.2. The predicted molar refractivity (Wildman–Crippen MR) is 117 cm³/mol. The van der Waals surface area contributed by atoms with Crippen molar-refractivity contribution in [2.45, 2.75) is 19.0 Å². The van der Waals surface area contributed by atoms with Crippen molar-refractivity contribution in [2.24, 2.45) is 7.05 Å². The molecular formula is C23H21N5S. The lowest BCUT2D eigenvalue weighted by molar-refractivity contribution is 0.192. The summed E-state index contributed by atoms with van der Waals surface area (Å²) >= 11 is 1.72. The second kappa shape index (κ2) is 6.54. The zero-order chi connectivity index (χ0) is 19.4. The maximum atomic E-state index is 5.07. The van der Waals surface area contributed by atoms with Gasteiger partial charge in [0.25, 0.3) is 0 Å². The lowest BCUT2D eigenvalue weighted by atomic mass is 9.96. The van der Waals surface area contributed by atoms with Crippen molar-refractivity contribution in [1.82, 2.24) is 24.4 Å². The fourth-order valence-corrected chi connectivity index (χ4v) is 5.31. The van der Waals surface area contributed by atoms with E-state index in [0.29, 0.717) is 0 Å². The van der Waals surface area contributed by atoms with Gasteiger partial charge in [-0.3, -0.25) is 4.90 Å². The third kappa shape index (κ3) is 2.63. The third-order valence-corrected chi connectivity index (χ3v) is 6.79. The fourth-order valence-electron chi connectivity index (χ4n) is 4.67. The molecule has 1 aliphatic heterocycles. The molecule has 0 spiro atoms. The molecule has 3 aromatic heterocycles. The molecule has 0 saturated heterocycles. The summed E-state index contributed by atoms with van der Waals surface area (Å²) < 4.78 is 2.25. The standard InChI is InChI=1S/C23H21N5S/c1-27-19-9-5-4-8-18(19)26-23(27)22-21-16(15-6-2-3-7-17(15)25-21)10-12-28(22)14-20-24-11-13-29-20/h2-9,11,13,22,25H,10,12,14H2,1H3. The van der Waals surface area contributed by atoms with Gasteiger partial charge in [-0.1, -0.05) is 30.3 Å². The minimum absolute atomic E-state index is 0.0763. The maximum Gasteiger partial charge on any atom is 0.133 e. The van der Waals surface area contributed by atoms with E-state index < -0.39 is 0 Å². The topological polar surface area (TPSA) is 49.7 Å². The maximum absolute atomic E-state index is 5.07. The molecule has 0 bridgehead atoms. The minimum Gasteiger partial charge on any atom is -0.356 e. The summed E-state index contributed by atoms with van der Waals surface area (Å²) in [7, 11) is 2.13. The Morgan fingerprint density at radius 1 is 1.14 bits per heavy atom. The molecule has 5 nitrogen and oxygen atoms in total. The van der Waals surface area contributed by atoms with Crippen molar-refractivity contribution in [3.63, 3.8) is 0 Å². The number of H-pyrrole nitrogens is 1. The number of benzene rings is 2. The Hall–Kier alpha value is -2.96. The van der Waals surface area contributed by atoms with E-state index in [2.05, 4.69) is 80.4 Å². The summed E-state index contributed by atoms with van der Waals surface area (Å²) in [6.45, 7) is 1.82. The molecule has 1 unspecified atom stereocenters. The van der Waals surface area contributed by atoms with Gasteiger partial charge in [-0.2, -0.15) is 0 Å². The Kier molecular flexibility index (Phi) is 3.82. The highest BCUT2D eigenvalue weighted by Gasteiger charge is 2.35. The van der Waals surface area contributed by atoms with Gasteiger partial charge in [-0.05, 0) is 30.2 Å². The second-order valence-corrected chi connectivity index (χ2v) is 8.61. The molecule has 4 heterocycles. The number of aromatic nitrogens is 4. The molecule has 0 fully saturated rings. The SMILES string of the molecule is Cn1c(C2c3[nH]c4ccccc4c3CCN2Cc2nccs2)nc2ccccc21. The zero-order valence-corrected chi connectivity index (χ0v) is 17.0. The average molecular weight is 400 g/mol. The van der Waals surface area contributed by atoms with Gasteiger partial charge in [0, 0.05) is 41.8 Å². The molecule has 6 rings (SSSR count). The number of para-hydroxylation sites is 3. The highest BCUT2D eigenvalue weighted by molar-refractivity contribution is 7.09. The van der Waals surface area contributed by atoms with Gasteiger partial charge in [0.1, 0.15) is 16.9 Å². The number of hydrogen-bond donors (Lipinski definition) is 1. The Labute approximate surface area is 172 Å². The Morgan fingerprint density at radius 3 is 2.86 bits per heavy atom. The summed E-state index contributed by atoms with van der Waals surface area (Å²) in [6.07, 6.45) is 2.92. The summed E-state index contributed by atoms with van der Waals surface area (Å²) in [5.41, 5.74) is 6.11. The molecule has 0 amide bonds. The van der Waals surface area contributed by atoms with Gasteiger partial charge in [-0.15, -0.1) is 11.3 Å². The van der Waals surface area contributed by atoms with Gasteiger partial charge < -0.3 is 9.55 Å². The van der Waals surface area contributed by atoms with E-state index in [1.54, 1.807) is 11.3 Å². The van der Waals surface area contributed by atoms with Crippen LogP contribution in [0.15, 0.2) is 60.1 Å². The van der Waals surface area contributed by atoms with Crippen LogP contribution in [0.25, 0.3) is 21.9 Å². The quantitative estimate of drug-likeness (QED) is 0.480. The number of fused-ring (bicyclic) bond motifs is 4. The van der Waals surface area contributed by atoms with Crippen LogP contribution in [0.5, 0.6) is 0 Å². The third-order valence-electron chi connectivity index (χ3n) is 6.02. The molecule has 29 heavy (non-hydrogen) atoms. The van der Waals surface area contributed by atoms with Crippen LogP contribution in [0, 0.1) is 0 Å². The Bertz CT molecular complexity index is 1310. The Morgan fingerprint density at radius 2 is 2.00 bits per heavy atom. The van der Waals surface area contributed by atoms with Crippen LogP contribution in [-0.2, 0) is 20.0 Å². The van der Waals surface area contributed by atoms with Gasteiger partial charge >= 0.3 is 0 Å². The summed E-state index contributed by atoms with van der Waals surface area (Å²) in [6, 6.07) is 17.1. The van der Waals surface area contributed by atoms with Crippen LogP contribution in [0.3, 0.4) is 0 Å². The van der Waals surface area contributed by atoms with Crippen molar-refractivity contribution < 1.29 is 0 Å². The highest BCUT2D eigenvalue weighted by Crippen LogP contribution is 2.39. The number of nitrogens with one attached hydrogen (secondary N) is 1. The zero-order valence-electron chi connectivity index (χ0n) is 16.2. The van der Waals surface area contributed by atoms with Crippen LogP contribution < -0.4 is 0 Å². The Balaban J connectivity index is 1.56. The summed E-state index contributed by atoms with van der Waals surface area (Å²) in [5, 5.41) is 4.53.